The molecule has 182 valence electrons. The Balaban J connectivity index is 0.00000193. The van der Waals surface area contributed by atoms with Crippen LogP contribution in [0.5, 0.6) is 0 Å². The molecule has 33 heavy (non-hydrogen) atoms. The number of nitrogens with one attached hydrogen (secondary N) is 1. The molecule has 8 N–H and O–H groups in total. The van der Waals surface area contributed by atoms with Gasteiger partial charge in [-0.25, -0.2) is 13.6 Å². The van der Waals surface area contributed by atoms with Crippen LogP contribution in [0.25, 0.3) is 10.9 Å². The number of nitrogens with two attached hydrogens (primary N) is 2. The minimum absolute atomic E-state index is 0. The Hall–Kier alpha value is -2.96. The Morgan fingerprint density at radius 2 is 1.88 bits per heavy atom. The van der Waals surface area contributed by atoms with Gasteiger partial charge in [0.05, 0.1) is 22.6 Å². The summed E-state index contributed by atoms with van der Waals surface area (Å²) in [5.74, 6) is -3.94. The van der Waals surface area contributed by atoms with Gasteiger partial charge in [-0.1, -0.05) is 0 Å². The van der Waals surface area contributed by atoms with E-state index >= 15 is 8.78 Å². The fourth-order valence-corrected chi connectivity index (χ4v) is 4.04. The lowest BCUT2D eigenvalue weighted by atomic mass is 10.1. The van der Waals surface area contributed by atoms with Gasteiger partial charge in [-0.15, -0.1) is 12.4 Å². The van der Waals surface area contributed by atoms with Gasteiger partial charge in [-0.3, -0.25) is 9.59 Å². The van der Waals surface area contributed by atoms with Crippen LogP contribution in [0.1, 0.15) is 42.6 Å². The van der Waals surface area contributed by atoms with E-state index in [4.69, 9.17) is 11.5 Å². The Morgan fingerprint density at radius 1 is 1.24 bits per heavy atom. The molecule has 2 heterocycles. The van der Waals surface area contributed by atoms with E-state index < -0.39 is 45.7 Å². The van der Waals surface area contributed by atoms with Gasteiger partial charge < -0.3 is 36.8 Å². The molecule has 4 rings (SSSR count). The molecule has 0 radical (unpaired) electrons. The van der Waals surface area contributed by atoms with Crippen molar-refractivity contribution in [3.8, 4) is 0 Å². The van der Waals surface area contributed by atoms with Gasteiger partial charge in [0.15, 0.2) is 11.6 Å². The van der Waals surface area contributed by atoms with E-state index in [-0.39, 0.29) is 60.2 Å². The number of carboxylic acid groups (broad SMARTS) is 1. The Kier molecular flexibility index (Phi) is 7.56. The highest BCUT2D eigenvalue weighted by Gasteiger charge is 2.35. The fraction of sp³-hybridized carbons (Fsp3) is 0.450. The quantitative estimate of drug-likeness (QED) is 0.443. The highest BCUT2D eigenvalue weighted by molar-refractivity contribution is 5.99. The van der Waals surface area contributed by atoms with Crippen molar-refractivity contribution in [2.24, 2.45) is 5.73 Å². The van der Waals surface area contributed by atoms with Crippen LogP contribution >= 0.6 is 12.4 Å². The maximum absolute atomic E-state index is 15.7. The number of halogens is 3. The van der Waals surface area contributed by atoms with Crippen LogP contribution in [-0.2, 0) is 4.79 Å². The first-order valence-corrected chi connectivity index (χ1v) is 10.0. The molecular weight excluding hydrogens is 464 g/mol. The summed E-state index contributed by atoms with van der Waals surface area (Å²) in [6, 6.07) is -1.26. The number of hydrogen-bond acceptors (Lipinski definition) is 6. The molecule has 0 bridgehead atoms. The number of pyridine rings is 1. The number of aromatic nitrogens is 1. The summed E-state index contributed by atoms with van der Waals surface area (Å²) in [4.78, 5) is 37.5. The lowest BCUT2D eigenvalue weighted by molar-refractivity contribution is -0.122. The maximum atomic E-state index is 15.7. The van der Waals surface area contributed by atoms with Crippen molar-refractivity contribution in [3.05, 3.63) is 33.6 Å². The van der Waals surface area contributed by atoms with E-state index in [2.05, 4.69) is 5.32 Å². The van der Waals surface area contributed by atoms with Gasteiger partial charge in [0.2, 0.25) is 11.3 Å². The molecule has 2 atom stereocenters. The zero-order chi connectivity index (χ0) is 22.6. The average molecular weight is 490 g/mol. The van der Waals surface area contributed by atoms with Gasteiger partial charge in [-0.05, 0) is 26.2 Å². The molecule has 1 saturated heterocycles. The first-order chi connectivity index (χ1) is 14.6. The van der Waals surface area contributed by atoms with Crippen LogP contribution in [-0.4, -0.2) is 52.2 Å². The zero-order valence-corrected chi connectivity index (χ0v) is 18.5. The van der Waals surface area contributed by atoms with Gasteiger partial charge in [0.25, 0.3) is 0 Å². The molecule has 2 aliphatic rings. The number of rotatable bonds is 5. The number of aromatic carboxylic acids is 1. The minimum Gasteiger partial charge on any atom is -0.477 e. The number of anilines is 2. The van der Waals surface area contributed by atoms with Crippen molar-refractivity contribution >= 4 is 46.6 Å². The summed E-state index contributed by atoms with van der Waals surface area (Å²) in [5, 5.41) is 11.6. The second-order valence-corrected chi connectivity index (χ2v) is 8.16. The Labute approximate surface area is 193 Å². The largest absolute Gasteiger partial charge is 0.477 e. The molecule has 1 aliphatic carbocycles. The first-order valence-electron chi connectivity index (χ1n) is 10.0. The predicted molar refractivity (Wildman–Crippen MR) is 121 cm³/mol. The van der Waals surface area contributed by atoms with Crippen molar-refractivity contribution in [1.82, 2.24) is 9.88 Å². The second-order valence-electron chi connectivity index (χ2n) is 8.16. The van der Waals surface area contributed by atoms with Crippen LogP contribution in [0.3, 0.4) is 0 Å². The Bertz CT molecular complexity index is 1170. The predicted octanol–water partition coefficient (Wildman–Crippen LogP) is 0.534. The van der Waals surface area contributed by atoms with Gasteiger partial charge in [0.1, 0.15) is 11.3 Å². The summed E-state index contributed by atoms with van der Waals surface area (Å²) in [5.41, 5.74) is 8.68. The number of fused-ring (bicyclic) bond motifs is 1. The third kappa shape index (κ3) is 4.45. The highest BCUT2D eigenvalue weighted by Crippen LogP contribution is 2.42. The number of nitrogens with zero attached hydrogens (tertiary/aromatic N) is 2. The summed E-state index contributed by atoms with van der Waals surface area (Å²) < 4.78 is 32.3. The number of amides is 1. The van der Waals surface area contributed by atoms with Crippen LogP contribution in [0.15, 0.2) is 11.0 Å². The number of carbonyl (C=O) groups is 2. The van der Waals surface area contributed by atoms with E-state index in [1.54, 1.807) is 0 Å². The van der Waals surface area contributed by atoms with Crippen LogP contribution in [0, 0.1) is 11.6 Å². The molecule has 1 aromatic carbocycles. The normalized spacial score (nSPS) is 18.4. The van der Waals surface area contributed by atoms with Gasteiger partial charge in [-0.2, -0.15) is 0 Å². The molecule has 1 saturated carbocycles. The molecule has 10 nitrogen and oxygen atoms in total. The number of carbonyl (C=O) groups excluding carboxylic acids is 1. The molecule has 1 aromatic heterocycles. The smallest absolute Gasteiger partial charge is 0.341 e. The third-order valence-electron chi connectivity index (χ3n) is 5.80. The summed E-state index contributed by atoms with van der Waals surface area (Å²) in [7, 11) is 0. The molecule has 13 heteroatoms. The van der Waals surface area contributed by atoms with Crippen molar-refractivity contribution < 1.29 is 29.0 Å². The lowest BCUT2D eigenvalue weighted by Gasteiger charge is -2.24. The molecule has 0 spiro atoms. The highest BCUT2D eigenvalue weighted by atomic mass is 35.5. The van der Waals surface area contributed by atoms with Crippen LogP contribution in [0.2, 0.25) is 0 Å². The summed E-state index contributed by atoms with van der Waals surface area (Å²) in [6.45, 7) is 1.93. The van der Waals surface area contributed by atoms with E-state index in [1.807, 2.05) is 0 Å². The van der Waals surface area contributed by atoms with Crippen LogP contribution < -0.4 is 27.1 Å². The number of carboxylic acids is 1. The molecule has 1 amide bonds. The summed E-state index contributed by atoms with van der Waals surface area (Å²) in [6.07, 6.45) is 2.91. The SMILES string of the molecule is C[C@H](N)C(=O)N[C@H]1CCN(c2c(F)c(N)c3c(=O)c(C(=O)O)cn(C4CC4)c3c2F)C1.Cl.O. The van der Waals surface area contributed by atoms with Crippen molar-refractivity contribution in [2.75, 3.05) is 23.7 Å². The standard InChI is InChI=1S/C20H23F2N5O4.ClH.H2O/c1-8(23)19(29)25-9-4-5-26(6-9)17-13(21)15(24)12-16(14(17)22)27(10-2-3-10)7-11(18(12)28)20(30)31;;/h7-10H,2-6,23-24H2,1H3,(H,25,29)(H,30,31);1H;1H2/t8-,9-;;/m0../s1. The van der Waals surface area contributed by atoms with E-state index in [0.717, 1.165) is 6.20 Å². The second kappa shape index (κ2) is 9.49. The molecule has 1 aliphatic heterocycles. The van der Waals surface area contributed by atoms with E-state index in [9.17, 15) is 19.5 Å². The zero-order valence-electron chi connectivity index (χ0n) is 17.7. The van der Waals surface area contributed by atoms with Crippen LogP contribution in [0.4, 0.5) is 20.2 Å². The topological polar surface area (TPSA) is 175 Å². The minimum atomic E-state index is -1.49. The number of hydrogen-bond donors (Lipinski definition) is 4. The van der Waals surface area contributed by atoms with Crippen molar-refractivity contribution in [1.29, 1.82) is 0 Å². The average Bonchev–Trinajstić information content (AvgIpc) is 3.45. The monoisotopic (exact) mass is 489 g/mol. The lowest BCUT2D eigenvalue weighted by Crippen LogP contribution is -2.45. The van der Waals surface area contributed by atoms with Crippen molar-refractivity contribution in [2.45, 2.75) is 44.3 Å². The Morgan fingerprint density at radius 3 is 2.42 bits per heavy atom. The summed E-state index contributed by atoms with van der Waals surface area (Å²) >= 11 is 0. The van der Waals surface area contributed by atoms with E-state index in [0.29, 0.717) is 19.3 Å². The molecule has 2 fully saturated rings. The fourth-order valence-electron chi connectivity index (χ4n) is 4.04. The van der Waals surface area contributed by atoms with E-state index in [1.165, 1.54) is 16.4 Å². The third-order valence-corrected chi connectivity index (χ3v) is 5.80. The molecular formula is C20H26ClF2N5O5. The molecule has 2 aromatic rings. The first kappa shape index (κ1) is 26.3. The van der Waals surface area contributed by atoms with Crippen molar-refractivity contribution in [3.63, 3.8) is 0 Å². The molecule has 0 unspecified atom stereocenters. The van der Waals surface area contributed by atoms with Gasteiger partial charge >= 0.3 is 5.97 Å². The van der Waals surface area contributed by atoms with Gasteiger partial charge in [0, 0.05) is 31.4 Å². The number of nitrogen functional groups attached to an aromatic ring is 1. The number of benzene rings is 1. The maximum Gasteiger partial charge on any atom is 0.341 e.